The molecule has 1 aliphatic heterocycles. The van der Waals surface area contributed by atoms with E-state index < -0.39 is 23.5 Å². The van der Waals surface area contributed by atoms with Gasteiger partial charge in [0.15, 0.2) is 11.6 Å². The summed E-state index contributed by atoms with van der Waals surface area (Å²) in [5, 5.41) is 3.00. The molecular weight excluding hydrogens is 621 g/mol. The van der Waals surface area contributed by atoms with Gasteiger partial charge in [-0.05, 0) is 75.6 Å². The first-order chi connectivity index (χ1) is 22.9. The van der Waals surface area contributed by atoms with Gasteiger partial charge < -0.3 is 14.8 Å². The van der Waals surface area contributed by atoms with Crippen LogP contribution in [0.15, 0.2) is 54.6 Å². The topological polar surface area (TPSA) is 83.1 Å². The van der Waals surface area contributed by atoms with Crippen LogP contribution in [-0.2, 0) is 0 Å². The molecule has 1 aliphatic rings. The van der Waals surface area contributed by atoms with Crippen molar-refractivity contribution in [3.63, 3.8) is 0 Å². The molecule has 0 unspecified atom stereocenters. The molecule has 0 aliphatic carbocycles. The van der Waals surface area contributed by atoms with Crippen LogP contribution in [0.25, 0.3) is 11.3 Å². The third-order valence-corrected chi connectivity index (χ3v) is 8.73. The lowest BCUT2D eigenvalue weighted by atomic mass is 9.97. The van der Waals surface area contributed by atoms with Crippen LogP contribution in [0.5, 0.6) is 11.6 Å². The van der Waals surface area contributed by atoms with Crippen LogP contribution in [0.3, 0.4) is 0 Å². The van der Waals surface area contributed by atoms with Gasteiger partial charge in [0.25, 0.3) is 0 Å². The van der Waals surface area contributed by atoms with Gasteiger partial charge in [-0.25, -0.2) is 22.9 Å². The molecule has 1 N–H and O–H groups in total. The Morgan fingerprint density at radius 3 is 2.29 bits per heavy atom. The Morgan fingerprint density at radius 2 is 1.62 bits per heavy atom. The number of carbonyl (C=O) groups is 1. The van der Waals surface area contributed by atoms with E-state index in [0.717, 1.165) is 65.5 Å². The SMILES string of the molecule is Cc1ccc(-c2cc(OC(=O)N(C)c3cc(F)cc(F)c3)nc(Nc3ccc(OCCN4CCN(C(C)C)CC4)c(F)c3)n2)c(C)c1C. The van der Waals surface area contributed by atoms with Crippen LogP contribution in [-0.4, -0.2) is 78.3 Å². The molecule has 9 nitrogen and oxygen atoms in total. The maximum absolute atomic E-state index is 15.1. The van der Waals surface area contributed by atoms with Crippen molar-refractivity contribution < 1.29 is 27.4 Å². The first kappa shape index (κ1) is 34.6. The van der Waals surface area contributed by atoms with Gasteiger partial charge in [0, 0.05) is 75.3 Å². The average molecular weight is 663 g/mol. The van der Waals surface area contributed by atoms with E-state index in [1.165, 1.54) is 19.2 Å². The number of hydrogen-bond acceptors (Lipinski definition) is 8. The monoisotopic (exact) mass is 662 g/mol. The number of amides is 1. The minimum absolute atomic E-state index is 0.0402. The van der Waals surface area contributed by atoms with E-state index in [0.29, 0.717) is 36.6 Å². The molecule has 5 rings (SSSR count). The van der Waals surface area contributed by atoms with Gasteiger partial charge in [-0.15, -0.1) is 0 Å². The molecule has 1 amide bonds. The smallest absolute Gasteiger partial charge is 0.420 e. The largest absolute Gasteiger partial charge is 0.489 e. The van der Waals surface area contributed by atoms with Crippen LogP contribution < -0.4 is 19.7 Å². The number of hydrogen-bond donors (Lipinski definition) is 1. The van der Waals surface area contributed by atoms with E-state index in [4.69, 9.17) is 9.47 Å². The third-order valence-electron chi connectivity index (χ3n) is 8.73. The molecule has 0 atom stereocenters. The van der Waals surface area contributed by atoms with Gasteiger partial charge in [0.05, 0.1) is 11.4 Å². The lowest BCUT2D eigenvalue weighted by Gasteiger charge is -2.36. The Kier molecular flexibility index (Phi) is 10.9. The Morgan fingerprint density at radius 1 is 0.917 bits per heavy atom. The molecule has 2 heterocycles. The van der Waals surface area contributed by atoms with E-state index in [9.17, 15) is 13.6 Å². The van der Waals surface area contributed by atoms with E-state index in [1.807, 2.05) is 32.9 Å². The molecule has 1 fully saturated rings. The third kappa shape index (κ3) is 8.42. The number of rotatable bonds is 10. The molecule has 4 aromatic rings. The number of benzene rings is 3. The summed E-state index contributed by atoms with van der Waals surface area (Å²) in [6, 6.07) is 13.1. The summed E-state index contributed by atoms with van der Waals surface area (Å²) in [6.45, 7) is 15.3. The van der Waals surface area contributed by atoms with Crippen molar-refractivity contribution in [2.24, 2.45) is 0 Å². The van der Waals surface area contributed by atoms with E-state index >= 15 is 4.39 Å². The summed E-state index contributed by atoms with van der Waals surface area (Å²) in [5.41, 5.74) is 4.68. The number of nitrogens with one attached hydrogen (secondary N) is 1. The molecule has 1 saturated heterocycles. The van der Waals surface area contributed by atoms with Gasteiger partial charge in [-0.3, -0.25) is 14.7 Å². The maximum Gasteiger partial charge on any atom is 0.420 e. The van der Waals surface area contributed by atoms with Gasteiger partial charge in [-0.2, -0.15) is 4.98 Å². The van der Waals surface area contributed by atoms with Crippen LogP contribution in [0, 0.1) is 38.2 Å². The molecule has 254 valence electrons. The molecule has 0 bridgehead atoms. The fraction of sp³-hybridized carbons (Fsp3) is 0.361. The minimum Gasteiger partial charge on any atom is -0.489 e. The number of aryl methyl sites for hydroxylation is 1. The Labute approximate surface area is 279 Å². The number of carbonyl (C=O) groups excluding carboxylic acids is 1. The highest BCUT2D eigenvalue weighted by atomic mass is 19.1. The van der Waals surface area contributed by atoms with Crippen molar-refractivity contribution in [2.45, 2.75) is 40.7 Å². The predicted molar refractivity (Wildman–Crippen MR) is 181 cm³/mol. The summed E-state index contributed by atoms with van der Waals surface area (Å²) >= 11 is 0. The number of halogens is 3. The van der Waals surface area contributed by atoms with Gasteiger partial charge in [-0.1, -0.05) is 12.1 Å². The zero-order valence-corrected chi connectivity index (χ0v) is 28.1. The molecule has 1 aromatic heterocycles. The summed E-state index contributed by atoms with van der Waals surface area (Å²) in [5.74, 6) is -2.18. The van der Waals surface area contributed by atoms with E-state index in [1.54, 1.807) is 12.1 Å². The normalized spacial score (nSPS) is 13.9. The zero-order chi connectivity index (χ0) is 34.5. The Balaban J connectivity index is 1.33. The summed E-state index contributed by atoms with van der Waals surface area (Å²) in [6.07, 6.45) is -0.929. The number of ether oxygens (including phenoxy) is 2. The maximum atomic E-state index is 15.1. The predicted octanol–water partition coefficient (Wildman–Crippen LogP) is 7.27. The highest BCUT2D eigenvalue weighted by molar-refractivity contribution is 5.88. The molecule has 48 heavy (non-hydrogen) atoms. The second-order valence-corrected chi connectivity index (χ2v) is 12.2. The summed E-state index contributed by atoms with van der Waals surface area (Å²) in [7, 11) is 1.32. The fourth-order valence-corrected chi connectivity index (χ4v) is 5.51. The highest BCUT2D eigenvalue weighted by Crippen LogP contribution is 2.31. The Hall–Kier alpha value is -4.68. The van der Waals surface area contributed by atoms with Crippen LogP contribution in [0.4, 0.5) is 35.3 Å². The van der Waals surface area contributed by atoms with Crippen molar-refractivity contribution in [1.29, 1.82) is 0 Å². The molecule has 12 heteroatoms. The molecule has 0 spiro atoms. The van der Waals surface area contributed by atoms with Gasteiger partial charge >= 0.3 is 6.09 Å². The van der Waals surface area contributed by atoms with Crippen molar-refractivity contribution in [3.05, 3.63) is 88.7 Å². The lowest BCUT2D eigenvalue weighted by molar-refractivity contribution is 0.0965. The van der Waals surface area contributed by atoms with Crippen molar-refractivity contribution in [3.8, 4) is 22.9 Å². The fourth-order valence-electron chi connectivity index (χ4n) is 5.51. The standard InChI is InChI=1S/C36H41F3N6O3/c1-22(2)45-13-11-44(12-14-45)15-16-47-33-10-8-28(20-31(33)39)40-35-41-32(30-9-7-23(3)24(4)25(30)5)21-34(42-35)48-36(46)43(6)29-18-26(37)17-27(38)19-29/h7-10,17-22H,11-16H2,1-6H3,(H,40,41,42). The first-order valence-electron chi connectivity index (χ1n) is 15.9. The van der Waals surface area contributed by atoms with Gasteiger partial charge in [0.2, 0.25) is 11.8 Å². The first-order valence-corrected chi connectivity index (χ1v) is 15.9. The lowest BCUT2D eigenvalue weighted by Crippen LogP contribution is -2.49. The minimum atomic E-state index is -0.929. The van der Waals surface area contributed by atoms with E-state index in [2.05, 4.69) is 38.9 Å². The van der Waals surface area contributed by atoms with Crippen LogP contribution in [0.1, 0.15) is 30.5 Å². The summed E-state index contributed by atoms with van der Waals surface area (Å²) < 4.78 is 54.1. The molecule has 3 aromatic carbocycles. The Bertz CT molecular complexity index is 1760. The van der Waals surface area contributed by atoms with Crippen LogP contribution >= 0.6 is 0 Å². The number of anilines is 3. The van der Waals surface area contributed by atoms with E-state index in [-0.39, 0.29) is 23.3 Å². The van der Waals surface area contributed by atoms with Gasteiger partial charge in [0.1, 0.15) is 18.2 Å². The molecule has 0 radical (unpaired) electrons. The zero-order valence-electron chi connectivity index (χ0n) is 28.1. The van der Waals surface area contributed by atoms with Crippen molar-refractivity contribution >= 4 is 23.4 Å². The number of aromatic nitrogens is 2. The number of piperazine rings is 1. The second-order valence-electron chi connectivity index (χ2n) is 12.2. The number of nitrogens with zero attached hydrogens (tertiary/aromatic N) is 5. The second kappa shape index (κ2) is 15.0. The molecule has 0 saturated carbocycles. The van der Waals surface area contributed by atoms with Crippen LogP contribution in [0.2, 0.25) is 0 Å². The molecular formula is C36H41F3N6O3. The van der Waals surface area contributed by atoms with Crippen molar-refractivity contribution in [2.75, 3.05) is 56.6 Å². The highest BCUT2D eigenvalue weighted by Gasteiger charge is 2.20. The average Bonchev–Trinajstić information content (AvgIpc) is 3.04. The quantitative estimate of drug-likeness (QED) is 0.190. The summed E-state index contributed by atoms with van der Waals surface area (Å²) in [4.78, 5) is 27.7. The van der Waals surface area contributed by atoms with Crippen molar-refractivity contribution in [1.82, 2.24) is 19.8 Å².